The molecular weight excluding hydrogens is 538 g/mol. The van der Waals surface area contributed by atoms with Gasteiger partial charge in [-0.05, 0) is 29.5 Å². The third-order valence-electron chi connectivity index (χ3n) is 5.93. The van der Waals surface area contributed by atoms with Crippen molar-refractivity contribution in [1.82, 2.24) is 5.16 Å². The van der Waals surface area contributed by atoms with Gasteiger partial charge in [-0.3, -0.25) is 9.42 Å². The van der Waals surface area contributed by atoms with Crippen molar-refractivity contribution in [1.29, 1.82) is 10.5 Å². The molecule has 0 aliphatic carbocycles. The number of benzene rings is 1. The van der Waals surface area contributed by atoms with Crippen LogP contribution in [-0.2, 0) is 20.0 Å². The maximum Gasteiger partial charge on any atom is 0.527 e. The number of nitrogens with zero attached hydrogens (tertiary/aromatic N) is 3. The van der Waals surface area contributed by atoms with Crippen molar-refractivity contribution in [2.75, 3.05) is 6.61 Å². The first-order chi connectivity index (χ1) is 18.0. The lowest BCUT2D eigenvalue weighted by molar-refractivity contribution is -0.155. The predicted octanol–water partition coefficient (Wildman–Crippen LogP) is 7.26. The standard InChI is InChI=1S/C26H29F3N3O6P/c1-24(2,3)23-22(35-15-25(23,4)5)16-8-9-18(19-14-21(36-32-19)26(27,28)29)20(13-16)38-39(33,34)37-17(10-12-31)7-6-11-30/h8-9,13-14,17H,6-7,10,15H2,1-5H3,(H,33,34). The second kappa shape index (κ2) is 11.1. The second-order valence-corrected chi connectivity index (χ2v) is 12.1. The lowest BCUT2D eigenvalue weighted by atomic mass is 9.71. The fourth-order valence-corrected chi connectivity index (χ4v) is 5.63. The van der Waals surface area contributed by atoms with E-state index in [4.69, 9.17) is 24.3 Å². The van der Waals surface area contributed by atoms with Gasteiger partial charge >= 0.3 is 14.0 Å². The lowest BCUT2D eigenvalue weighted by Crippen LogP contribution is -2.24. The summed E-state index contributed by atoms with van der Waals surface area (Å²) in [6.45, 7) is 10.5. The lowest BCUT2D eigenvalue weighted by Gasteiger charge is -2.31. The summed E-state index contributed by atoms with van der Waals surface area (Å²) in [5.74, 6) is -1.16. The van der Waals surface area contributed by atoms with Gasteiger partial charge in [0.05, 0.1) is 31.3 Å². The second-order valence-electron chi connectivity index (χ2n) is 10.8. The maximum atomic E-state index is 13.2. The highest BCUT2D eigenvalue weighted by Crippen LogP contribution is 2.52. The Hall–Kier alpha value is -3.31. The molecule has 210 valence electrons. The zero-order valence-corrected chi connectivity index (χ0v) is 23.0. The first kappa shape index (κ1) is 30.2. The van der Waals surface area contributed by atoms with Gasteiger partial charge in [0.15, 0.2) is 0 Å². The third-order valence-corrected chi connectivity index (χ3v) is 6.93. The first-order valence-corrected chi connectivity index (χ1v) is 13.5. The van der Waals surface area contributed by atoms with Gasteiger partial charge in [-0.15, -0.1) is 0 Å². The number of phosphoric ester groups is 1. The average Bonchev–Trinajstić information content (AvgIpc) is 3.41. The van der Waals surface area contributed by atoms with Gasteiger partial charge in [-0.2, -0.15) is 23.7 Å². The molecule has 0 amide bonds. The van der Waals surface area contributed by atoms with Crippen LogP contribution in [0.15, 0.2) is 34.4 Å². The molecule has 1 aliphatic heterocycles. The zero-order valence-electron chi connectivity index (χ0n) is 22.1. The summed E-state index contributed by atoms with van der Waals surface area (Å²) in [5, 5.41) is 21.3. The molecule has 39 heavy (non-hydrogen) atoms. The van der Waals surface area contributed by atoms with E-state index in [0.717, 1.165) is 5.57 Å². The Balaban J connectivity index is 2.12. The molecule has 1 aromatic carbocycles. The fraction of sp³-hybridized carbons (Fsp3) is 0.500. The molecule has 0 saturated carbocycles. The van der Waals surface area contributed by atoms with Crippen LogP contribution < -0.4 is 4.52 Å². The van der Waals surface area contributed by atoms with E-state index in [1.54, 1.807) is 6.07 Å². The van der Waals surface area contributed by atoms with Gasteiger partial charge in [0.25, 0.3) is 0 Å². The molecule has 2 unspecified atom stereocenters. The topological polar surface area (TPSA) is 139 Å². The summed E-state index contributed by atoms with van der Waals surface area (Å²) in [7, 11) is -4.94. The largest absolute Gasteiger partial charge is 0.527 e. The average molecular weight is 568 g/mol. The molecule has 0 bridgehead atoms. The molecule has 1 aliphatic rings. The molecule has 2 atom stereocenters. The quantitative estimate of drug-likeness (QED) is 0.310. The Morgan fingerprint density at radius 2 is 1.90 bits per heavy atom. The van der Waals surface area contributed by atoms with E-state index in [9.17, 15) is 22.6 Å². The van der Waals surface area contributed by atoms with Crippen molar-refractivity contribution in [3.05, 3.63) is 41.2 Å². The highest BCUT2D eigenvalue weighted by atomic mass is 31.2. The molecule has 0 saturated heterocycles. The molecule has 0 fully saturated rings. The highest BCUT2D eigenvalue weighted by Gasteiger charge is 2.42. The minimum Gasteiger partial charge on any atom is -0.492 e. The molecule has 2 aromatic rings. The van der Waals surface area contributed by atoms with Gasteiger partial charge in [0.1, 0.15) is 17.2 Å². The number of nitriles is 2. The molecule has 13 heteroatoms. The van der Waals surface area contributed by atoms with Crippen molar-refractivity contribution >= 4 is 13.6 Å². The van der Waals surface area contributed by atoms with E-state index in [0.29, 0.717) is 24.0 Å². The Labute approximate surface area is 224 Å². The van der Waals surface area contributed by atoms with Crippen LogP contribution in [0.5, 0.6) is 5.75 Å². The van der Waals surface area contributed by atoms with Gasteiger partial charge < -0.3 is 13.8 Å². The molecular formula is C26H29F3N3O6P. The van der Waals surface area contributed by atoms with Crippen molar-refractivity contribution in [3.63, 3.8) is 0 Å². The number of rotatable bonds is 9. The smallest absolute Gasteiger partial charge is 0.492 e. The van der Waals surface area contributed by atoms with Crippen LogP contribution in [0.2, 0.25) is 0 Å². The fourth-order valence-electron chi connectivity index (χ4n) is 4.63. The van der Waals surface area contributed by atoms with Gasteiger partial charge in [-0.1, -0.05) is 45.8 Å². The summed E-state index contributed by atoms with van der Waals surface area (Å²) in [6, 6.07) is 8.66. The van der Waals surface area contributed by atoms with E-state index >= 15 is 0 Å². The maximum absolute atomic E-state index is 13.2. The van der Waals surface area contributed by atoms with Crippen LogP contribution in [0, 0.1) is 33.5 Å². The minimum atomic E-state index is -4.94. The molecule has 3 rings (SSSR count). The van der Waals surface area contributed by atoms with Crippen LogP contribution in [0.25, 0.3) is 17.0 Å². The Morgan fingerprint density at radius 3 is 2.46 bits per heavy atom. The van der Waals surface area contributed by atoms with Gasteiger partial charge in [-0.25, -0.2) is 4.57 Å². The minimum absolute atomic E-state index is 0.00610. The van der Waals surface area contributed by atoms with Crippen LogP contribution >= 0.6 is 7.82 Å². The van der Waals surface area contributed by atoms with E-state index in [1.807, 2.05) is 46.8 Å². The summed E-state index contributed by atoms with van der Waals surface area (Å²) < 4.78 is 73.5. The number of aromatic nitrogens is 1. The molecule has 0 radical (unpaired) electrons. The number of halogens is 3. The summed E-state index contributed by atoms with van der Waals surface area (Å²) >= 11 is 0. The van der Waals surface area contributed by atoms with Crippen LogP contribution in [0.4, 0.5) is 13.2 Å². The Morgan fingerprint density at radius 1 is 1.21 bits per heavy atom. The Bertz CT molecular complexity index is 1380. The van der Waals surface area contributed by atoms with Crippen LogP contribution in [-0.4, -0.2) is 22.8 Å². The van der Waals surface area contributed by atoms with E-state index in [2.05, 4.69) is 9.68 Å². The SMILES string of the molecule is CC(C)(C)C1=C(c2ccc(-c3cc(C(F)(F)F)on3)c(OP(=O)(O)OC(CC#N)CCC#N)c2)OCC1(C)C. The van der Waals surface area contributed by atoms with Gasteiger partial charge in [0.2, 0.25) is 5.76 Å². The van der Waals surface area contributed by atoms with Crippen molar-refractivity contribution in [2.45, 2.75) is 66.2 Å². The van der Waals surface area contributed by atoms with E-state index < -0.39 is 25.9 Å². The van der Waals surface area contributed by atoms with E-state index in [-0.39, 0.29) is 47.1 Å². The number of ether oxygens (including phenoxy) is 1. The summed E-state index contributed by atoms with van der Waals surface area (Å²) in [4.78, 5) is 10.5. The summed E-state index contributed by atoms with van der Waals surface area (Å²) in [5.41, 5.74) is 0.426. The normalized spacial score (nSPS) is 17.6. The van der Waals surface area contributed by atoms with Gasteiger partial charge in [0, 0.05) is 29.0 Å². The molecule has 2 heterocycles. The van der Waals surface area contributed by atoms with Crippen LogP contribution in [0.1, 0.15) is 65.2 Å². The first-order valence-electron chi connectivity index (χ1n) is 12.0. The number of alkyl halides is 3. The van der Waals surface area contributed by atoms with Crippen molar-refractivity contribution in [2.24, 2.45) is 10.8 Å². The Kier molecular flexibility index (Phi) is 8.57. The molecule has 1 N–H and O–H groups in total. The van der Waals surface area contributed by atoms with Crippen molar-refractivity contribution < 1.29 is 40.9 Å². The molecule has 0 spiro atoms. The monoisotopic (exact) mass is 567 g/mol. The number of phosphoric acid groups is 1. The molecule has 9 nitrogen and oxygen atoms in total. The molecule has 1 aromatic heterocycles. The summed E-state index contributed by atoms with van der Waals surface area (Å²) in [6.07, 6.45) is -6.22. The van der Waals surface area contributed by atoms with Crippen molar-refractivity contribution in [3.8, 4) is 29.1 Å². The predicted molar refractivity (Wildman–Crippen MR) is 133 cm³/mol. The third kappa shape index (κ3) is 7.21. The number of hydrogen-bond donors (Lipinski definition) is 1. The highest BCUT2D eigenvalue weighted by molar-refractivity contribution is 7.47. The number of hydrogen-bond acceptors (Lipinski definition) is 8. The van der Waals surface area contributed by atoms with Crippen LogP contribution in [0.3, 0.4) is 0 Å². The van der Waals surface area contributed by atoms with E-state index in [1.165, 1.54) is 12.1 Å². The zero-order chi connectivity index (χ0) is 29.2.